The maximum absolute atomic E-state index is 12.0. The summed E-state index contributed by atoms with van der Waals surface area (Å²) in [5, 5.41) is 10.9. The SMILES string of the molecule is CCN1CCCN(c2ccc([N+](=O)[O-])cc2S(C)(=O)=O)CC1. The number of nitro benzene ring substituents is 1. The second-order valence-corrected chi connectivity index (χ2v) is 7.44. The van der Waals surface area contributed by atoms with Crippen LogP contribution in [0.3, 0.4) is 0 Å². The molecular formula is C14H21N3O4S. The second-order valence-electron chi connectivity index (χ2n) is 5.46. The van der Waals surface area contributed by atoms with Gasteiger partial charge >= 0.3 is 0 Å². The number of sulfone groups is 1. The largest absolute Gasteiger partial charge is 0.369 e. The maximum atomic E-state index is 12.0. The lowest BCUT2D eigenvalue weighted by atomic mass is 10.2. The van der Waals surface area contributed by atoms with Crippen LogP contribution in [0.25, 0.3) is 0 Å². The Balaban J connectivity index is 2.39. The number of anilines is 1. The van der Waals surface area contributed by atoms with E-state index in [0.29, 0.717) is 12.2 Å². The molecule has 1 aromatic carbocycles. The van der Waals surface area contributed by atoms with Crippen LogP contribution in [-0.2, 0) is 9.84 Å². The van der Waals surface area contributed by atoms with Crippen LogP contribution in [0.1, 0.15) is 13.3 Å². The lowest BCUT2D eigenvalue weighted by Crippen LogP contribution is -2.31. The zero-order valence-electron chi connectivity index (χ0n) is 12.9. The van der Waals surface area contributed by atoms with Crippen LogP contribution in [0.5, 0.6) is 0 Å². The molecule has 1 aromatic rings. The molecular weight excluding hydrogens is 306 g/mol. The first-order valence-corrected chi connectivity index (χ1v) is 9.18. The first kappa shape index (κ1) is 16.7. The molecule has 0 aromatic heterocycles. The molecule has 0 unspecified atom stereocenters. The normalized spacial score (nSPS) is 17.3. The molecule has 0 atom stereocenters. The predicted octanol–water partition coefficient (Wildman–Crippen LogP) is 1.53. The fraction of sp³-hybridized carbons (Fsp3) is 0.571. The molecule has 0 N–H and O–H groups in total. The highest BCUT2D eigenvalue weighted by Gasteiger charge is 2.23. The molecule has 0 radical (unpaired) electrons. The predicted molar refractivity (Wildman–Crippen MR) is 85.2 cm³/mol. The summed E-state index contributed by atoms with van der Waals surface area (Å²) in [5.41, 5.74) is 0.361. The van der Waals surface area contributed by atoms with Gasteiger partial charge in [0.05, 0.1) is 15.5 Å². The van der Waals surface area contributed by atoms with E-state index in [2.05, 4.69) is 11.8 Å². The van der Waals surface area contributed by atoms with Crippen molar-refractivity contribution in [2.24, 2.45) is 0 Å². The van der Waals surface area contributed by atoms with E-state index in [9.17, 15) is 18.5 Å². The summed E-state index contributed by atoms with van der Waals surface area (Å²) in [6.07, 6.45) is 2.03. The molecule has 2 rings (SSSR count). The monoisotopic (exact) mass is 327 g/mol. The summed E-state index contributed by atoms with van der Waals surface area (Å²) in [7, 11) is -3.53. The fourth-order valence-electron chi connectivity index (χ4n) is 2.70. The molecule has 8 heteroatoms. The number of hydrogen-bond acceptors (Lipinski definition) is 6. The molecule has 1 aliphatic heterocycles. The van der Waals surface area contributed by atoms with Crippen LogP contribution in [0.15, 0.2) is 23.1 Å². The third kappa shape index (κ3) is 3.75. The number of likely N-dealkylation sites (N-methyl/N-ethyl adjacent to an activating group) is 1. The van der Waals surface area contributed by atoms with Gasteiger partial charge < -0.3 is 9.80 Å². The van der Waals surface area contributed by atoms with Gasteiger partial charge in [0.15, 0.2) is 9.84 Å². The van der Waals surface area contributed by atoms with Gasteiger partial charge in [0.2, 0.25) is 0 Å². The third-order valence-corrected chi connectivity index (χ3v) is 5.06. The Hall–Kier alpha value is -1.67. The van der Waals surface area contributed by atoms with Gasteiger partial charge in [0.1, 0.15) is 0 Å². The Labute approximate surface area is 130 Å². The molecule has 0 spiro atoms. The minimum absolute atomic E-state index is 0.0339. The van der Waals surface area contributed by atoms with Crippen molar-refractivity contribution in [2.75, 3.05) is 43.9 Å². The average molecular weight is 327 g/mol. The van der Waals surface area contributed by atoms with E-state index in [1.807, 2.05) is 4.90 Å². The highest BCUT2D eigenvalue weighted by Crippen LogP contribution is 2.30. The summed E-state index contributed by atoms with van der Waals surface area (Å²) in [6.45, 7) is 6.37. The second kappa shape index (κ2) is 6.62. The summed E-state index contributed by atoms with van der Waals surface area (Å²) >= 11 is 0. The molecule has 1 aliphatic rings. The summed E-state index contributed by atoms with van der Waals surface area (Å²) < 4.78 is 24.0. The van der Waals surface area contributed by atoms with Crippen molar-refractivity contribution in [3.05, 3.63) is 28.3 Å². The summed E-state index contributed by atoms with van der Waals surface area (Å²) in [4.78, 5) is 14.7. The molecule has 7 nitrogen and oxygen atoms in total. The molecule has 1 fully saturated rings. The summed E-state index contributed by atoms with van der Waals surface area (Å²) in [6, 6.07) is 4.08. The molecule has 1 heterocycles. The average Bonchev–Trinajstić information content (AvgIpc) is 2.71. The third-order valence-electron chi connectivity index (χ3n) is 3.93. The number of nitro groups is 1. The standard InChI is InChI=1S/C14H21N3O4S/c1-3-15-7-4-8-16(10-9-15)13-6-5-12(17(18)19)11-14(13)22(2,20)21/h5-6,11H,3-4,7-10H2,1-2H3. The van der Waals surface area contributed by atoms with E-state index in [1.54, 1.807) is 6.07 Å². The zero-order chi connectivity index (χ0) is 16.3. The molecule has 0 saturated carbocycles. The minimum atomic E-state index is -3.53. The van der Waals surface area contributed by atoms with Crippen LogP contribution in [0.4, 0.5) is 11.4 Å². The quantitative estimate of drug-likeness (QED) is 0.616. The van der Waals surface area contributed by atoms with Crippen molar-refractivity contribution in [1.29, 1.82) is 0 Å². The van der Waals surface area contributed by atoms with E-state index in [4.69, 9.17) is 0 Å². The van der Waals surface area contributed by atoms with E-state index in [-0.39, 0.29) is 10.6 Å². The van der Waals surface area contributed by atoms with Gasteiger partial charge in [-0.2, -0.15) is 0 Å². The van der Waals surface area contributed by atoms with Crippen LogP contribution in [0, 0.1) is 10.1 Å². The van der Waals surface area contributed by atoms with Gasteiger partial charge in [0, 0.05) is 38.0 Å². The Kier molecular flexibility index (Phi) is 5.02. The van der Waals surface area contributed by atoms with E-state index < -0.39 is 14.8 Å². The lowest BCUT2D eigenvalue weighted by Gasteiger charge is -2.25. The Morgan fingerprint density at radius 3 is 2.55 bits per heavy atom. The van der Waals surface area contributed by atoms with Crippen LogP contribution >= 0.6 is 0 Å². The van der Waals surface area contributed by atoms with Crippen molar-refractivity contribution in [3.63, 3.8) is 0 Å². The highest BCUT2D eigenvalue weighted by molar-refractivity contribution is 7.90. The topological polar surface area (TPSA) is 83.8 Å². The van der Waals surface area contributed by atoms with Gasteiger partial charge in [-0.1, -0.05) is 6.92 Å². The van der Waals surface area contributed by atoms with Crippen molar-refractivity contribution in [1.82, 2.24) is 4.90 Å². The Morgan fingerprint density at radius 1 is 1.23 bits per heavy atom. The Bertz CT molecular complexity index is 660. The molecule has 22 heavy (non-hydrogen) atoms. The smallest absolute Gasteiger partial charge is 0.270 e. The number of non-ortho nitro benzene ring substituents is 1. The number of benzene rings is 1. The van der Waals surface area contributed by atoms with Gasteiger partial charge in [-0.3, -0.25) is 10.1 Å². The summed E-state index contributed by atoms with van der Waals surface area (Å²) in [5.74, 6) is 0. The van der Waals surface area contributed by atoms with Crippen molar-refractivity contribution in [3.8, 4) is 0 Å². The zero-order valence-corrected chi connectivity index (χ0v) is 13.7. The van der Waals surface area contributed by atoms with E-state index in [1.165, 1.54) is 6.07 Å². The number of nitrogens with zero attached hydrogens (tertiary/aromatic N) is 3. The molecule has 1 saturated heterocycles. The molecule has 0 amide bonds. The van der Waals surface area contributed by atoms with Crippen molar-refractivity contribution in [2.45, 2.75) is 18.2 Å². The maximum Gasteiger partial charge on any atom is 0.270 e. The van der Waals surface area contributed by atoms with Gasteiger partial charge in [-0.05, 0) is 25.6 Å². The first-order chi connectivity index (χ1) is 10.3. The molecule has 122 valence electrons. The van der Waals surface area contributed by atoms with Crippen LogP contribution in [-0.4, -0.2) is 57.2 Å². The van der Waals surface area contributed by atoms with Crippen molar-refractivity contribution >= 4 is 21.2 Å². The van der Waals surface area contributed by atoms with Gasteiger partial charge in [0.25, 0.3) is 5.69 Å². The van der Waals surface area contributed by atoms with Crippen LogP contribution in [0.2, 0.25) is 0 Å². The molecule has 0 aliphatic carbocycles. The highest BCUT2D eigenvalue weighted by atomic mass is 32.2. The van der Waals surface area contributed by atoms with E-state index in [0.717, 1.165) is 44.9 Å². The van der Waals surface area contributed by atoms with E-state index >= 15 is 0 Å². The first-order valence-electron chi connectivity index (χ1n) is 7.28. The minimum Gasteiger partial charge on any atom is -0.369 e. The molecule has 0 bridgehead atoms. The van der Waals surface area contributed by atoms with Gasteiger partial charge in [-0.25, -0.2) is 8.42 Å². The van der Waals surface area contributed by atoms with Crippen molar-refractivity contribution < 1.29 is 13.3 Å². The fourth-order valence-corrected chi connectivity index (χ4v) is 3.61. The number of rotatable bonds is 4. The van der Waals surface area contributed by atoms with Crippen LogP contribution < -0.4 is 4.90 Å². The lowest BCUT2D eigenvalue weighted by molar-refractivity contribution is -0.385. The number of hydrogen-bond donors (Lipinski definition) is 0. The Morgan fingerprint density at radius 2 is 1.95 bits per heavy atom. The van der Waals surface area contributed by atoms with Gasteiger partial charge in [-0.15, -0.1) is 0 Å².